The Labute approximate surface area is 151 Å². The van der Waals surface area contributed by atoms with Crippen LogP contribution in [0.2, 0.25) is 0 Å². The van der Waals surface area contributed by atoms with Crippen LogP contribution in [-0.2, 0) is 7.05 Å². The highest BCUT2D eigenvalue weighted by Gasteiger charge is 2.18. The van der Waals surface area contributed by atoms with Crippen molar-refractivity contribution in [2.75, 3.05) is 0 Å². The minimum Gasteiger partial charge on any atom is -1.00 e. The summed E-state index contributed by atoms with van der Waals surface area (Å²) in [5.74, 6) is 0. The predicted molar refractivity (Wildman–Crippen MR) is 87.0 cm³/mol. The standard InChI is InChI=1S/C18H29N2O.HI/c1-3-4-5-6-7-8-9-14-18(21)20-15-19(2)16-12-10-11-13-17(16)20;/h10-13,15,18,21H,3-9,14H2,1-2H3;1H/q+1;/p-1. The molecule has 2 aromatic rings. The van der Waals surface area contributed by atoms with E-state index in [-0.39, 0.29) is 24.0 Å². The van der Waals surface area contributed by atoms with Gasteiger partial charge in [0.2, 0.25) is 6.33 Å². The van der Waals surface area contributed by atoms with Gasteiger partial charge in [-0.25, -0.2) is 9.13 Å². The van der Waals surface area contributed by atoms with Gasteiger partial charge in [-0.05, 0) is 18.6 Å². The largest absolute Gasteiger partial charge is 1.00 e. The van der Waals surface area contributed by atoms with Crippen molar-refractivity contribution in [1.29, 1.82) is 0 Å². The zero-order valence-corrected chi connectivity index (χ0v) is 16.0. The van der Waals surface area contributed by atoms with E-state index in [2.05, 4.69) is 23.6 Å². The van der Waals surface area contributed by atoms with Crippen molar-refractivity contribution in [1.82, 2.24) is 4.57 Å². The molecule has 0 fully saturated rings. The fourth-order valence-corrected chi connectivity index (χ4v) is 2.95. The quantitative estimate of drug-likeness (QED) is 0.370. The Morgan fingerprint density at radius 2 is 1.68 bits per heavy atom. The van der Waals surface area contributed by atoms with Gasteiger partial charge in [0.15, 0.2) is 17.3 Å². The molecule has 1 heterocycles. The number of aliphatic hydroxyl groups is 1. The van der Waals surface area contributed by atoms with Crippen LogP contribution in [0, 0.1) is 0 Å². The Kier molecular flexibility index (Phi) is 9.02. The van der Waals surface area contributed by atoms with Crippen LogP contribution in [0.1, 0.15) is 64.5 Å². The van der Waals surface area contributed by atoms with E-state index in [1.54, 1.807) is 0 Å². The molecule has 1 atom stereocenters. The number of para-hydroxylation sites is 2. The first kappa shape index (κ1) is 19.4. The Balaban J connectivity index is 0.00000242. The molecule has 0 aliphatic rings. The van der Waals surface area contributed by atoms with Crippen LogP contribution in [0.25, 0.3) is 11.0 Å². The maximum atomic E-state index is 10.4. The molecule has 0 aliphatic heterocycles. The fraction of sp³-hybridized carbons (Fsp3) is 0.611. The Hall–Kier alpha value is -0.620. The number of fused-ring (bicyclic) bond motifs is 1. The molecule has 22 heavy (non-hydrogen) atoms. The smallest absolute Gasteiger partial charge is 0.246 e. The van der Waals surface area contributed by atoms with Crippen molar-refractivity contribution in [3.63, 3.8) is 0 Å². The first-order valence-electron chi connectivity index (χ1n) is 8.37. The molecular weight excluding hydrogens is 387 g/mol. The summed E-state index contributed by atoms with van der Waals surface area (Å²) in [6.07, 6.45) is 11.4. The minimum atomic E-state index is -0.410. The van der Waals surface area contributed by atoms with Gasteiger partial charge in [-0.15, -0.1) is 0 Å². The normalized spacial score (nSPS) is 12.3. The Morgan fingerprint density at radius 3 is 2.41 bits per heavy atom. The molecule has 4 heteroatoms. The highest BCUT2D eigenvalue weighted by atomic mass is 127. The highest BCUT2D eigenvalue weighted by molar-refractivity contribution is 5.71. The zero-order valence-electron chi connectivity index (χ0n) is 13.8. The van der Waals surface area contributed by atoms with Gasteiger partial charge in [0.1, 0.15) is 0 Å². The molecule has 2 rings (SSSR count). The van der Waals surface area contributed by atoms with Crippen LogP contribution in [0.5, 0.6) is 0 Å². The van der Waals surface area contributed by atoms with Crippen LogP contribution >= 0.6 is 0 Å². The molecule has 0 amide bonds. The third-order valence-electron chi connectivity index (χ3n) is 4.22. The van der Waals surface area contributed by atoms with Gasteiger partial charge in [-0.1, -0.05) is 57.6 Å². The van der Waals surface area contributed by atoms with Gasteiger partial charge in [0, 0.05) is 6.42 Å². The van der Waals surface area contributed by atoms with Gasteiger partial charge in [0.25, 0.3) is 0 Å². The van der Waals surface area contributed by atoms with E-state index in [0.717, 1.165) is 23.9 Å². The molecule has 124 valence electrons. The molecule has 0 radical (unpaired) electrons. The average molecular weight is 416 g/mol. The summed E-state index contributed by atoms with van der Waals surface area (Å²) in [6.45, 7) is 2.25. The van der Waals surface area contributed by atoms with Crippen LogP contribution in [-0.4, -0.2) is 9.67 Å². The van der Waals surface area contributed by atoms with Crippen LogP contribution < -0.4 is 28.5 Å². The minimum absolute atomic E-state index is 0. The SMILES string of the molecule is CCCCCCCCCC(O)n1c[n+](C)c2ccccc21.[I-]. The van der Waals surface area contributed by atoms with Gasteiger partial charge >= 0.3 is 0 Å². The molecule has 1 unspecified atom stereocenters. The van der Waals surface area contributed by atoms with Crippen LogP contribution in [0.15, 0.2) is 30.6 Å². The summed E-state index contributed by atoms with van der Waals surface area (Å²) < 4.78 is 4.07. The molecule has 3 nitrogen and oxygen atoms in total. The van der Waals surface area contributed by atoms with E-state index in [1.807, 2.05) is 30.1 Å². The average Bonchev–Trinajstić information content (AvgIpc) is 2.84. The Morgan fingerprint density at radius 1 is 1.05 bits per heavy atom. The number of aliphatic hydroxyl groups excluding tert-OH is 1. The van der Waals surface area contributed by atoms with E-state index >= 15 is 0 Å². The molecule has 0 saturated heterocycles. The van der Waals surface area contributed by atoms with Gasteiger partial charge in [-0.2, -0.15) is 0 Å². The predicted octanol–water partition coefficient (Wildman–Crippen LogP) is 1.10. The second-order valence-corrected chi connectivity index (χ2v) is 6.01. The van der Waals surface area contributed by atoms with E-state index in [1.165, 1.54) is 38.5 Å². The van der Waals surface area contributed by atoms with E-state index in [9.17, 15) is 5.11 Å². The van der Waals surface area contributed by atoms with Crippen molar-refractivity contribution in [3.8, 4) is 0 Å². The lowest BCUT2D eigenvalue weighted by atomic mass is 10.1. The summed E-state index contributed by atoms with van der Waals surface area (Å²) in [5, 5.41) is 10.4. The molecule has 0 bridgehead atoms. The molecule has 1 aromatic carbocycles. The molecule has 0 saturated carbocycles. The molecule has 0 aliphatic carbocycles. The second-order valence-electron chi connectivity index (χ2n) is 6.01. The van der Waals surface area contributed by atoms with Crippen molar-refractivity contribution in [3.05, 3.63) is 30.6 Å². The summed E-state index contributed by atoms with van der Waals surface area (Å²) in [4.78, 5) is 0. The van der Waals surface area contributed by atoms with Gasteiger partial charge < -0.3 is 29.1 Å². The van der Waals surface area contributed by atoms with Crippen molar-refractivity contribution >= 4 is 11.0 Å². The lowest BCUT2D eigenvalue weighted by Gasteiger charge is -2.07. The number of aromatic nitrogens is 2. The maximum Gasteiger partial charge on any atom is 0.246 e. The molecular formula is C18H29IN2O. The zero-order chi connectivity index (χ0) is 15.1. The van der Waals surface area contributed by atoms with E-state index < -0.39 is 6.23 Å². The van der Waals surface area contributed by atoms with Crippen molar-refractivity contribution in [2.24, 2.45) is 7.05 Å². The number of aryl methyl sites for hydroxylation is 1. The number of halogens is 1. The number of benzene rings is 1. The molecule has 1 N–H and O–H groups in total. The number of imidazole rings is 1. The first-order chi connectivity index (χ1) is 10.2. The second kappa shape index (κ2) is 10.2. The maximum absolute atomic E-state index is 10.4. The molecule has 0 spiro atoms. The summed E-state index contributed by atoms with van der Waals surface area (Å²) in [5.41, 5.74) is 2.27. The van der Waals surface area contributed by atoms with Crippen LogP contribution in [0.3, 0.4) is 0 Å². The Bertz CT molecular complexity index is 553. The lowest BCUT2D eigenvalue weighted by Crippen LogP contribution is -3.00. The van der Waals surface area contributed by atoms with E-state index in [4.69, 9.17) is 0 Å². The van der Waals surface area contributed by atoms with Gasteiger partial charge in [-0.3, -0.25) is 0 Å². The third kappa shape index (κ3) is 5.23. The molecule has 1 aromatic heterocycles. The van der Waals surface area contributed by atoms with Crippen molar-refractivity contribution < 1.29 is 33.7 Å². The number of hydrogen-bond acceptors (Lipinski definition) is 1. The third-order valence-corrected chi connectivity index (χ3v) is 4.22. The number of unbranched alkanes of at least 4 members (excludes halogenated alkanes) is 6. The van der Waals surface area contributed by atoms with Crippen LogP contribution in [0.4, 0.5) is 0 Å². The van der Waals surface area contributed by atoms with Gasteiger partial charge in [0.05, 0.1) is 7.05 Å². The monoisotopic (exact) mass is 416 g/mol. The number of rotatable bonds is 9. The number of hydrogen-bond donors (Lipinski definition) is 1. The van der Waals surface area contributed by atoms with E-state index in [0.29, 0.717) is 0 Å². The fourth-order valence-electron chi connectivity index (χ4n) is 2.95. The van der Waals surface area contributed by atoms with Crippen molar-refractivity contribution in [2.45, 2.75) is 64.5 Å². The summed E-state index contributed by atoms with van der Waals surface area (Å²) in [6, 6.07) is 8.23. The lowest BCUT2D eigenvalue weighted by molar-refractivity contribution is -0.646. The highest BCUT2D eigenvalue weighted by Crippen LogP contribution is 2.19. The summed E-state index contributed by atoms with van der Waals surface area (Å²) >= 11 is 0. The first-order valence-corrected chi connectivity index (χ1v) is 8.37. The topological polar surface area (TPSA) is 29.0 Å². The summed E-state index contributed by atoms with van der Waals surface area (Å²) in [7, 11) is 2.03. The number of nitrogens with zero attached hydrogens (tertiary/aromatic N) is 2.